The molecule has 8 heteroatoms. The molecule has 2 atom stereocenters. The number of halogens is 1. The van der Waals surface area contributed by atoms with Crippen LogP contribution in [0, 0.1) is 13.8 Å². The highest BCUT2D eigenvalue weighted by atomic mass is 79.9. The summed E-state index contributed by atoms with van der Waals surface area (Å²) >= 11 is 9.48. The lowest BCUT2D eigenvalue weighted by atomic mass is 9.96. The molecule has 1 aliphatic heterocycles. The number of carbonyl (C=O) groups excluding carboxylic acids is 1. The van der Waals surface area contributed by atoms with E-state index in [9.17, 15) is 4.79 Å². The molecule has 182 valence electrons. The van der Waals surface area contributed by atoms with Gasteiger partial charge in [0.05, 0.1) is 17.8 Å². The summed E-state index contributed by atoms with van der Waals surface area (Å²) in [6.07, 6.45) is 1.81. The molecule has 0 aliphatic carbocycles. The number of aryl methyl sites for hydroxylation is 1. The summed E-state index contributed by atoms with van der Waals surface area (Å²) in [6.45, 7) is 5.78. The van der Waals surface area contributed by atoms with Crippen LogP contribution in [0.15, 0.2) is 83.5 Å². The molecule has 2 N–H and O–H groups in total. The number of hydrogen-bond donors (Lipinski definition) is 2. The average Bonchev–Trinajstić information content (AvgIpc) is 3.35. The Hall–Kier alpha value is -3.49. The van der Waals surface area contributed by atoms with E-state index in [4.69, 9.17) is 12.2 Å². The molecule has 5 rings (SSSR count). The molecule has 0 spiro atoms. The molecule has 2 aromatic carbocycles. The maximum absolute atomic E-state index is 11.5. The van der Waals surface area contributed by atoms with Crippen molar-refractivity contribution in [1.29, 1.82) is 0 Å². The summed E-state index contributed by atoms with van der Waals surface area (Å²) in [6, 6.07) is 24.0. The van der Waals surface area contributed by atoms with Crippen molar-refractivity contribution in [2.45, 2.75) is 32.9 Å². The quantitative estimate of drug-likeness (QED) is 0.277. The number of aromatic nitrogens is 2. The van der Waals surface area contributed by atoms with Crippen LogP contribution in [0.5, 0.6) is 0 Å². The minimum absolute atomic E-state index is 0.103. The second-order valence-corrected chi connectivity index (χ2v) is 10.2. The van der Waals surface area contributed by atoms with Gasteiger partial charge < -0.3 is 20.1 Å². The van der Waals surface area contributed by atoms with Gasteiger partial charge in [0.15, 0.2) is 5.11 Å². The monoisotopic (exact) mass is 559 g/mol. The molecular formula is C28H26BrN5OS. The van der Waals surface area contributed by atoms with E-state index < -0.39 is 0 Å². The number of pyridine rings is 1. The zero-order valence-corrected chi connectivity index (χ0v) is 22.6. The molecule has 36 heavy (non-hydrogen) atoms. The molecule has 6 nitrogen and oxygen atoms in total. The van der Waals surface area contributed by atoms with Crippen LogP contribution in [0.2, 0.25) is 0 Å². The lowest BCUT2D eigenvalue weighted by Gasteiger charge is -2.28. The molecule has 1 amide bonds. The molecule has 4 aromatic rings. The van der Waals surface area contributed by atoms with Crippen molar-refractivity contribution < 1.29 is 4.79 Å². The Kier molecular flexibility index (Phi) is 6.64. The maximum Gasteiger partial charge on any atom is 0.221 e. The number of benzene rings is 2. The van der Waals surface area contributed by atoms with Crippen molar-refractivity contribution in [3.05, 3.63) is 106 Å². The topological polar surface area (TPSA) is 62.2 Å². The number of amides is 1. The number of thiocarbonyl (C=S) groups is 1. The van der Waals surface area contributed by atoms with Gasteiger partial charge in [0.25, 0.3) is 0 Å². The lowest BCUT2D eigenvalue weighted by molar-refractivity contribution is -0.114. The molecule has 0 unspecified atom stereocenters. The Bertz CT molecular complexity index is 1430. The van der Waals surface area contributed by atoms with Gasteiger partial charge >= 0.3 is 0 Å². The Labute approximate surface area is 224 Å². The van der Waals surface area contributed by atoms with Crippen molar-refractivity contribution in [3.8, 4) is 5.69 Å². The largest absolute Gasteiger partial charge is 0.351 e. The highest BCUT2D eigenvalue weighted by molar-refractivity contribution is 9.10. The summed E-state index contributed by atoms with van der Waals surface area (Å²) in [7, 11) is 0. The SMILES string of the molecule is CC(=O)Nc1ccc(N2C(=S)N[C@H](c3ccccn3)[C@H]2c2cc(C)n(-c3cccc(Br)c3)c2C)cc1. The zero-order valence-electron chi connectivity index (χ0n) is 20.2. The fraction of sp³-hybridized carbons (Fsp3) is 0.179. The summed E-state index contributed by atoms with van der Waals surface area (Å²) in [5, 5.41) is 6.99. The highest BCUT2D eigenvalue weighted by Crippen LogP contribution is 2.44. The number of nitrogens with zero attached hydrogens (tertiary/aromatic N) is 3. The van der Waals surface area contributed by atoms with Crippen LogP contribution in [-0.2, 0) is 4.79 Å². The zero-order chi connectivity index (χ0) is 25.4. The molecule has 0 bridgehead atoms. The fourth-order valence-electron chi connectivity index (χ4n) is 4.96. The number of nitrogens with one attached hydrogen (secondary N) is 2. The minimum atomic E-state index is -0.134. The fourth-order valence-corrected chi connectivity index (χ4v) is 5.69. The van der Waals surface area contributed by atoms with E-state index in [1.807, 2.05) is 60.8 Å². The normalized spacial score (nSPS) is 17.2. The molecule has 2 aromatic heterocycles. The highest BCUT2D eigenvalue weighted by Gasteiger charge is 2.42. The van der Waals surface area contributed by atoms with E-state index in [0.717, 1.165) is 38.6 Å². The van der Waals surface area contributed by atoms with Crippen LogP contribution in [0.25, 0.3) is 5.69 Å². The van der Waals surface area contributed by atoms with Gasteiger partial charge in [-0.1, -0.05) is 28.1 Å². The molecule has 1 fully saturated rings. The summed E-state index contributed by atoms with van der Waals surface area (Å²) in [5.41, 5.74) is 7.16. The summed E-state index contributed by atoms with van der Waals surface area (Å²) in [5.74, 6) is -0.103. The average molecular weight is 561 g/mol. The molecule has 1 aliphatic rings. The van der Waals surface area contributed by atoms with Crippen LogP contribution < -0.4 is 15.5 Å². The minimum Gasteiger partial charge on any atom is -0.351 e. The van der Waals surface area contributed by atoms with Gasteiger partial charge in [0.2, 0.25) is 5.91 Å². The van der Waals surface area contributed by atoms with E-state index in [2.05, 4.69) is 73.1 Å². The third-order valence-electron chi connectivity index (χ3n) is 6.42. The van der Waals surface area contributed by atoms with Crippen molar-refractivity contribution in [2.75, 3.05) is 10.2 Å². The van der Waals surface area contributed by atoms with Gasteiger partial charge in [-0.15, -0.1) is 0 Å². The molecule has 1 saturated heterocycles. The number of anilines is 2. The molecule has 0 saturated carbocycles. The van der Waals surface area contributed by atoms with E-state index in [1.54, 1.807) is 0 Å². The van der Waals surface area contributed by atoms with E-state index in [-0.39, 0.29) is 18.0 Å². The standard InChI is InChI=1S/C28H26BrN5OS/c1-17-15-24(18(2)33(17)23-8-6-7-20(29)16-23)27-26(25-9-4-5-14-30-25)32-28(36)34(27)22-12-10-21(11-13-22)31-19(3)35/h4-16,26-27H,1-3H3,(H,31,35)(H,32,36)/t26-,27-/m1/s1. The Morgan fingerprint density at radius 2 is 1.81 bits per heavy atom. The smallest absolute Gasteiger partial charge is 0.221 e. The third-order valence-corrected chi connectivity index (χ3v) is 7.23. The molecule has 3 heterocycles. The Morgan fingerprint density at radius 1 is 1.03 bits per heavy atom. The lowest BCUT2D eigenvalue weighted by Crippen LogP contribution is -2.29. The van der Waals surface area contributed by atoms with E-state index >= 15 is 0 Å². The van der Waals surface area contributed by atoms with Crippen LogP contribution in [0.3, 0.4) is 0 Å². The second-order valence-electron chi connectivity index (χ2n) is 8.87. The molecular weight excluding hydrogens is 534 g/mol. The Balaban J connectivity index is 1.63. The van der Waals surface area contributed by atoms with Gasteiger partial charge in [0, 0.05) is 46.0 Å². The van der Waals surface area contributed by atoms with Crippen LogP contribution in [0.4, 0.5) is 11.4 Å². The number of hydrogen-bond acceptors (Lipinski definition) is 3. The number of rotatable bonds is 5. The van der Waals surface area contributed by atoms with Crippen LogP contribution in [-0.4, -0.2) is 20.6 Å². The van der Waals surface area contributed by atoms with Crippen LogP contribution >= 0.6 is 28.1 Å². The van der Waals surface area contributed by atoms with Gasteiger partial charge in [-0.25, -0.2) is 0 Å². The maximum atomic E-state index is 11.5. The van der Waals surface area contributed by atoms with E-state index in [0.29, 0.717) is 5.11 Å². The third kappa shape index (κ3) is 4.54. The van der Waals surface area contributed by atoms with Crippen molar-refractivity contribution in [3.63, 3.8) is 0 Å². The van der Waals surface area contributed by atoms with E-state index in [1.165, 1.54) is 12.5 Å². The van der Waals surface area contributed by atoms with Crippen molar-refractivity contribution >= 4 is 50.5 Å². The first kappa shape index (κ1) is 24.2. The first-order valence-corrected chi connectivity index (χ1v) is 12.9. The van der Waals surface area contributed by atoms with Crippen molar-refractivity contribution in [1.82, 2.24) is 14.9 Å². The number of carbonyl (C=O) groups is 1. The predicted octanol–water partition coefficient (Wildman–Crippen LogP) is 6.39. The first-order valence-electron chi connectivity index (χ1n) is 11.7. The van der Waals surface area contributed by atoms with Gasteiger partial charge in [-0.3, -0.25) is 9.78 Å². The summed E-state index contributed by atoms with van der Waals surface area (Å²) in [4.78, 5) is 18.3. The van der Waals surface area contributed by atoms with Crippen LogP contribution in [0.1, 0.15) is 41.7 Å². The van der Waals surface area contributed by atoms with Crippen molar-refractivity contribution in [2.24, 2.45) is 0 Å². The predicted molar refractivity (Wildman–Crippen MR) is 152 cm³/mol. The Morgan fingerprint density at radius 3 is 2.47 bits per heavy atom. The van der Waals surface area contributed by atoms with Gasteiger partial charge in [-0.05, 0) is 92.3 Å². The molecule has 0 radical (unpaired) electrons. The summed E-state index contributed by atoms with van der Waals surface area (Å²) < 4.78 is 3.31. The first-order chi connectivity index (χ1) is 17.3. The van der Waals surface area contributed by atoms with Gasteiger partial charge in [0.1, 0.15) is 0 Å². The van der Waals surface area contributed by atoms with Gasteiger partial charge in [-0.2, -0.15) is 0 Å². The second kappa shape index (κ2) is 9.87.